The van der Waals surface area contributed by atoms with Gasteiger partial charge in [0, 0.05) is 31.4 Å². The number of carbonyl (C=O) groups excluding carboxylic acids is 2. The number of nitrogens with zero attached hydrogens (tertiary/aromatic N) is 2. The van der Waals surface area contributed by atoms with E-state index in [2.05, 4.69) is 28.2 Å². The largest absolute Gasteiger partial charge is 0.456 e. The summed E-state index contributed by atoms with van der Waals surface area (Å²) in [6, 6.07) is 21.3. The minimum absolute atomic E-state index is 0.257. The van der Waals surface area contributed by atoms with Gasteiger partial charge < -0.3 is 19.9 Å². The van der Waals surface area contributed by atoms with Crippen LogP contribution in [0, 0.1) is 6.92 Å². The zero-order valence-electron chi connectivity index (χ0n) is 23.2. The summed E-state index contributed by atoms with van der Waals surface area (Å²) >= 11 is 0. The molecule has 0 saturated carbocycles. The summed E-state index contributed by atoms with van der Waals surface area (Å²) in [6.45, 7) is 11.7. The molecule has 1 aliphatic rings. The highest BCUT2D eigenvalue weighted by Crippen LogP contribution is 2.29. The van der Waals surface area contributed by atoms with E-state index in [-0.39, 0.29) is 5.91 Å². The standard InChI is InChI=1S/C32H39N3O3/c1-23-13-15-26(34(5)19-20-35-17-9-10-18-35)22-28(23)30(36)33-29-21-25(24-11-7-6-8-12-24)14-16-27(29)31(37)38-32(2,3)4/h6-8,11-16,21-22H,9-10,17-20H2,1-5H3,(H,33,36). The van der Waals surface area contributed by atoms with Crippen molar-refractivity contribution in [1.29, 1.82) is 0 Å². The molecule has 1 N–H and O–H groups in total. The second kappa shape index (κ2) is 11.8. The maximum absolute atomic E-state index is 13.6. The van der Waals surface area contributed by atoms with Crippen molar-refractivity contribution in [2.75, 3.05) is 43.4 Å². The van der Waals surface area contributed by atoms with E-state index >= 15 is 0 Å². The predicted octanol–water partition coefficient (Wildman–Crippen LogP) is 6.40. The molecule has 1 saturated heterocycles. The fourth-order valence-electron chi connectivity index (χ4n) is 4.68. The Morgan fingerprint density at radius 2 is 1.63 bits per heavy atom. The van der Waals surface area contributed by atoms with Crippen molar-refractivity contribution < 1.29 is 14.3 Å². The lowest BCUT2D eigenvalue weighted by Gasteiger charge is -2.24. The first-order valence-corrected chi connectivity index (χ1v) is 13.4. The molecule has 1 aliphatic heterocycles. The molecule has 1 heterocycles. The van der Waals surface area contributed by atoms with E-state index < -0.39 is 11.6 Å². The fraction of sp³-hybridized carbons (Fsp3) is 0.375. The number of amides is 1. The minimum atomic E-state index is -0.652. The number of likely N-dealkylation sites (tertiary alicyclic amines) is 1. The number of likely N-dealkylation sites (N-methyl/N-ethyl adjacent to an activating group) is 1. The summed E-state index contributed by atoms with van der Waals surface area (Å²) in [7, 11) is 2.06. The first kappa shape index (κ1) is 27.4. The van der Waals surface area contributed by atoms with Gasteiger partial charge in [0.1, 0.15) is 5.60 Å². The highest BCUT2D eigenvalue weighted by molar-refractivity contribution is 6.09. The number of carbonyl (C=O) groups is 2. The highest BCUT2D eigenvalue weighted by atomic mass is 16.6. The smallest absolute Gasteiger partial charge is 0.340 e. The lowest BCUT2D eigenvalue weighted by Crippen LogP contribution is -2.31. The molecular formula is C32H39N3O3. The van der Waals surface area contributed by atoms with E-state index in [0.29, 0.717) is 16.8 Å². The van der Waals surface area contributed by atoms with Gasteiger partial charge in [0.05, 0.1) is 11.3 Å². The summed E-state index contributed by atoms with van der Waals surface area (Å²) in [4.78, 5) is 31.3. The van der Waals surface area contributed by atoms with Gasteiger partial charge in [0.2, 0.25) is 0 Å². The summed E-state index contributed by atoms with van der Waals surface area (Å²) in [5.41, 5.74) is 4.44. The Morgan fingerprint density at radius 3 is 2.32 bits per heavy atom. The SMILES string of the molecule is Cc1ccc(N(C)CCN2CCCC2)cc1C(=O)Nc1cc(-c2ccccc2)ccc1C(=O)OC(C)(C)C. The van der Waals surface area contributed by atoms with E-state index in [1.54, 1.807) is 6.07 Å². The molecule has 0 unspecified atom stereocenters. The van der Waals surface area contributed by atoms with E-state index in [1.807, 2.05) is 82.3 Å². The van der Waals surface area contributed by atoms with Crippen LogP contribution in [-0.4, -0.2) is 55.6 Å². The molecule has 4 rings (SSSR count). The fourth-order valence-corrected chi connectivity index (χ4v) is 4.68. The molecule has 0 radical (unpaired) electrons. The first-order chi connectivity index (χ1) is 18.1. The molecule has 6 nitrogen and oxygen atoms in total. The van der Waals surface area contributed by atoms with E-state index in [9.17, 15) is 9.59 Å². The lowest BCUT2D eigenvalue weighted by molar-refractivity contribution is 0.00708. The van der Waals surface area contributed by atoms with Crippen molar-refractivity contribution in [3.05, 3.63) is 83.4 Å². The average Bonchev–Trinajstić information content (AvgIpc) is 3.41. The van der Waals surface area contributed by atoms with E-state index in [0.717, 1.165) is 48.6 Å². The molecule has 0 bridgehead atoms. The summed E-state index contributed by atoms with van der Waals surface area (Å²) in [5, 5.41) is 3.02. The molecule has 200 valence electrons. The van der Waals surface area contributed by atoms with Gasteiger partial charge in [0.25, 0.3) is 5.91 Å². The van der Waals surface area contributed by atoms with Gasteiger partial charge in [-0.25, -0.2) is 4.79 Å². The Morgan fingerprint density at radius 1 is 0.921 bits per heavy atom. The molecule has 6 heteroatoms. The number of rotatable bonds is 8. The summed E-state index contributed by atoms with van der Waals surface area (Å²) < 4.78 is 5.64. The number of anilines is 2. The van der Waals surface area contributed by atoms with Gasteiger partial charge in [-0.2, -0.15) is 0 Å². The number of benzene rings is 3. The topological polar surface area (TPSA) is 61.9 Å². The van der Waals surface area contributed by atoms with Gasteiger partial charge in [-0.05, 0) is 94.6 Å². The monoisotopic (exact) mass is 513 g/mol. The van der Waals surface area contributed by atoms with Crippen LogP contribution in [0.4, 0.5) is 11.4 Å². The zero-order valence-corrected chi connectivity index (χ0v) is 23.2. The average molecular weight is 514 g/mol. The lowest BCUT2D eigenvalue weighted by atomic mass is 10.0. The molecular weight excluding hydrogens is 474 g/mol. The second-order valence-electron chi connectivity index (χ2n) is 11.1. The molecule has 0 atom stereocenters. The Hall–Kier alpha value is -3.64. The Labute approximate surface area is 226 Å². The second-order valence-corrected chi connectivity index (χ2v) is 11.1. The zero-order chi connectivity index (χ0) is 27.3. The Bertz CT molecular complexity index is 1270. The van der Waals surface area contributed by atoms with Crippen molar-refractivity contribution in [3.8, 4) is 11.1 Å². The number of ether oxygens (including phenoxy) is 1. The summed E-state index contributed by atoms with van der Waals surface area (Å²) in [5.74, 6) is -0.730. The van der Waals surface area contributed by atoms with Crippen LogP contribution in [0.1, 0.15) is 59.9 Å². The summed E-state index contributed by atoms with van der Waals surface area (Å²) in [6.07, 6.45) is 2.55. The number of hydrogen-bond donors (Lipinski definition) is 1. The van der Waals surface area contributed by atoms with Crippen LogP contribution in [-0.2, 0) is 4.74 Å². The van der Waals surface area contributed by atoms with Crippen molar-refractivity contribution in [2.45, 2.75) is 46.1 Å². The van der Waals surface area contributed by atoms with Crippen LogP contribution in [0.25, 0.3) is 11.1 Å². The molecule has 3 aromatic rings. The number of nitrogens with one attached hydrogen (secondary N) is 1. The predicted molar refractivity (Wildman–Crippen MR) is 155 cm³/mol. The Kier molecular flexibility index (Phi) is 8.52. The van der Waals surface area contributed by atoms with E-state index in [1.165, 1.54) is 12.8 Å². The highest BCUT2D eigenvalue weighted by Gasteiger charge is 2.23. The number of esters is 1. The molecule has 1 fully saturated rings. The number of aryl methyl sites for hydroxylation is 1. The molecule has 0 aliphatic carbocycles. The molecule has 3 aromatic carbocycles. The van der Waals surface area contributed by atoms with Crippen LogP contribution >= 0.6 is 0 Å². The van der Waals surface area contributed by atoms with Crippen LogP contribution in [0.2, 0.25) is 0 Å². The van der Waals surface area contributed by atoms with Crippen molar-refractivity contribution in [2.24, 2.45) is 0 Å². The van der Waals surface area contributed by atoms with Crippen LogP contribution < -0.4 is 10.2 Å². The third kappa shape index (κ3) is 7.01. The van der Waals surface area contributed by atoms with Gasteiger partial charge in [-0.1, -0.05) is 42.5 Å². The molecule has 0 spiro atoms. The van der Waals surface area contributed by atoms with Gasteiger partial charge in [-0.3, -0.25) is 4.79 Å². The third-order valence-electron chi connectivity index (χ3n) is 6.85. The van der Waals surface area contributed by atoms with Gasteiger partial charge in [0.15, 0.2) is 0 Å². The van der Waals surface area contributed by atoms with Crippen molar-refractivity contribution in [1.82, 2.24) is 4.90 Å². The number of hydrogen-bond acceptors (Lipinski definition) is 5. The molecule has 38 heavy (non-hydrogen) atoms. The minimum Gasteiger partial charge on any atom is -0.456 e. The van der Waals surface area contributed by atoms with Crippen LogP contribution in [0.15, 0.2) is 66.7 Å². The Balaban J connectivity index is 1.60. The maximum Gasteiger partial charge on any atom is 0.340 e. The van der Waals surface area contributed by atoms with Crippen LogP contribution in [0.3, 0.4) is 0 Å². The first-order valence-electron chi connectivity index (χ1n) is 13.4. The van der Waals surface area contributed by atoms with Crippen molar-refractivity contribution >= 4 is 23.3 Å². The normalized spacial score (nSPS) is 13.8. The molecule has 1 amide bonds. The van der Waals surface area contributed by atoms with Gasteiger partial charge >= 0.3 is 5.97 Å². The maximum atomic E-state index is 13.6. The van der Waals surface area contributed by atoms with Crippen molar-refractivity contribution in [3.63, 3.8) is 0 Å². The third-order valence-corrected chi connectivity index (χ3v) is 6.85. The van der Waals surface area contributed by atoms with E-state index in [4.69, 9.17) is 4.74 Å². The quantitative estimate of drug-likeness (QED) is 0.353. The van der Waals surface area contributed by atoms with Gasteiger partial charge in [-0.15, -0.1) is 0 Å². The molecule has 0 aromatic heterocycles. The van der Waals surface area contributed by atoms with Crippen LogP contribution in [0.5, 0.6) is 0 Å².